The second-order valence-electron chi connectivity index (χ2n) is 5.94. The van der Waals surface area contributed by atoms with Crippen LogP contribution in [-0.4, -0.2) is 62.4 Å². The van der Waals surface area contributed by atoms with Gasteiger partial charge in [0, 0.05) is 31.4 Å². The van der Waals surface area contributed by atoms with E-state index in [4.69, 9.17) is 0 Å². The zero-order valence-corrected chi connectivity index (χ0v) is 14.4. The van der Waals surface area contributed by atoms with Crippen molar-refractivity contribution in [2.75, 3.05) is 37.0 Å². The molecule has 7 heteroatoms. The van der Waals surface area contributed by atoms with Gasteiger partial charge in [-0.1, -0.05) is 0 Å². The molecule has 1 N–H and O–H groups in total. The predicted molar refractivity (Wildman–Crippen MR) is 91.7 cm³/mol. The van der Waals surface area contributed by atoms with Crippen molar-refractivity contribution in [2.45, 2.75) is 32.7 Å². The van der Waals surface area contributed by atoms with E-state index in [9.17, 15) is 0 Å². The Labute approximate surface area is 135 Å². The number of likely N-dealkylation sites (tertiary alicyclic amines) is 1. The average molecular weight is 320 g/mol. The van der Waals surface area contributed by atoms with Crippen LogP contribution < -0.4 is 5.32 Å². The van der Waals surface area contributed by atoms with Gasteiger partial charge in [-0.25, -0.2) is 0 Å². The van der Waals surface area contributed by atoms with Crippen LogP contribution in [0.15, 0.2) is 6.33 Å². The minimum absolute atomic E-state index is 0.506. The molecule has 3 rings (SSSR count). The molecule has 0 amide bonds. The first-order valence-corrected chi connectivity index (χ1v) is 9.23. The number of hydrogen-bond acceptors (Lipinski definition) is 6. The Morgan fingerprint density at radius 2 is 2.09 bits per heavy atom. The van der Waals surface area contributed by atoms with Gasteiger partial charge in [-0.05, 0) is 38.5 Å². The molecule has 1 aliphatic rings. The average Bonchev–Trinajstić information content (AvgIpc) is 2.99. The van der Waals surface area contributed by atoms with E-state index in [1.54, 1.807) is 10.8 Å². The normalized spacial score (nSPS) is 17.2. The van der Waals surface area contributed by atoms with E-state index in [-0.39, 0.29) is 0 Å². The third-order valence-corrected chi connectivity index (χ3v) is 5.07. The highest BCUT2D eigenvalue weighted by Gasteiger charge is 2.21. The molecule has 22 heavy (non-hydrogen) atoms. The molecule has 0 bridgehead atoms. The fourth-order valence-electron chi connectivity index (χ4n) is 2.95. The quantitative estimate of drug-likeness (QED) is 0.909. The zero-order valence-electron chi connectivity index (χ0n) is 13.5. The molecule has 1 aliphatic heterocycles. The number of rotatable bonds is 5. The maximum atomic E-state index is 4.48. The molecule has 0 saturated carbocycles. The molecule has 0 aromatic carbocycles. The number of aryl methyl sites for hydroxylation is 1. The Kier molecular flexibility index (Phi) is 4.83. The summed E-state index contributed by atoms with van der Waals surface area (Å²) >= 11 is 1.92. The van der Waals surface area contributed by atoms with Crippen LogP contribution in [0.2, 0.25) is 0 Å². The summed E-state index contributed by atoms with van der Waals surface area (Å²) in [6.45, 7) is 7.68. The van der Waals surface area contributed by atoms with Gasteiger partial charge in [-0.15, -0.1) is 10.2 Å². The number of anilines is 1. The van der Waals surface area contributed by atoms with Crippen LogP contribution in [0.3, 0.4) is 0 Å². The highest BCUT2D eigenvalue weighted by atomic mass is 32.2. The summed E-state index contributed by atoms with van der Waals surface area (Å²) < 4.78 is 1.76. The summed E-state index contributed by atoms with van der Waals surface area (Å²) in [5, 5.41) is 16.4. The van der Waals surface area contributed by atoms with Gasteiger partial charge in [-0.2, -0.15) is 21.4 Å². The second-order valence-corrected chi connectivity index (χ2v) is 6.92. The summed E-state index contributed by atoms with van der Waals surface area (Å²) in [7, 11) is 0. The lowest BCUT2D eigenvalue weighted by molar-refractivity contribution is 0.231. The van der Waals surface area contributed by atoms with Gasteiger partial charge in [-0.3, -0.25) is 0 Å². The van der Waals surface area contributed by atoms with E-state index in [2.05, 4.69) is 38.7 Å². The standard InChI is InChI=1S/C15H24N6S/c1-11-12(2)19-21-10-16-18-15(21)14(11)17-13-4-6-20(7-5-13)8-9-22-3/h10,13,17H,4-9H2,1-3H3. The van der Waals surface area contributed by atoms with Crippen LogP contribution in [0.25, 0.3) is 5.65 Å². The minimum atomic E-state index is 0.506. The van der Waals surface area contributed by atoms with Crippen molar-refractivity contribution >= 4 is 23.1 Å². The highest BCUT2D eigenvalue weighted by molar-refractivity contribution is 7.98. The lowest BCUT2D eigenvalue weighted by Crippen LogP contribution is -2.40. The molecule has 0 atom stereocenters. The fraction of sp³-hybridized carbons (Fsp3) is 0.667. The topological polar surface area (TPSA) is 58.4 Å². The Balaban J connectivity index is 1.69. The van der Waals surface area contributed by atoms with Gasteiger partial charge in [0.05, 0.1) is 11.4 Å². The molecule has 3 heterocycles. The van der Waals surface area contributed by atoms with Crippen molar-refractivity contribution in [1.29, 1.82) is 0 Å². The van der Waals surface area contributed by atoms with Gasteiger partial charge < -0.3 is 10.2 Å². The predicted octanol–water partition coefficient (Wildman–Crippen LogP) is 1.98. The number of nitrogens with zero attached hydrogens (tertiary/aromatic N) is 5. The third-order valence-electron chi connectivity index (χ3n) is 4.48. The van der Waals surface area contributed by atoms with Crippen LogP contribution in [0, 0.1) is 13.8 Å². The zero-order chi connectivity index (χ0) is 15.5. The van der Waals surface area contributed by atoms with Crippen LogP contribution >= 0.6 is 11.8 Å². The maximum absolute atomic E-state index is 4.48. The Morgan fingerprint density at radius 1 is 1.32 bits per heavy atom. The van der Waals surface area contributed by atoms with E-state index in [0.29, 0.717) is 6.04 Å². The second kappa shape index (κ2) is 6.83. The maximum Gasteiger partial charge on any atom is 0.200 e. The van der Waals surface area contributed by atoms with Gasteiger partial charge in [0.2, 0.25) is 5.65 Å². The summed E-state index contributed by atoms with van der Waals surface area (Å²) in [4.78, 5) is 2.56. The van der Waals surface area contributed by atoms with Gasteiger partial charge in [0.25, 0.3) is 0 Å². The summed E-state index contributed by atoms with van der Waals surface area (Å²) in [6, 6.07) is 0.506. The SMILES string of the molecule is CSCCN1CCC(Nc2c(C)c(C)nn3cnnc23)CC1. The number of nitrogens with one attached hydrogen (secondary N) is 1. The van der Waals surface area contributed by atoms with Crippen molar-refractivity contribution in [3.05, 3.63) is 17.6 Å². The molecule has 6 nitrogen and oxygen atoms in total. The molecule has 2 aromatic heterocycles. The van der Waals surface area contributed by atoms with Gasteiger partial charge in [0.1, 0.15) is 6.33 Å². The minimum Gasteiger partial charge on any atom is -0.379 e. The fourth-order valence-corrected chi connectivity index (χ4v) is 3.39. The van der Waals surface area contributed by atoms with Crippen LogP contribution in [0.5, 0.6) is 0 Å². The van der Waals surface area contributed by atoms with Crippen molar-refractivity contribution < 1.29 is 0 Å². The molecule has 1 fully saturated rings. The van der Waals surface area contributed by atoms with Crippen molar-refractivity contribution in [3.8, 4) is 0 Å². The van der Waals surface area contributed by atoms with Crippen molar-refractivity contribution in [2.24, 2.45) is 0 Å². The lowest BCUT2D eigenvalue weighted by atomic mass is 10.0. The van der Waals surface area contributed by atoms with Crippen molar-refractivity contribution in [1.82, 2.24) is 24.7 Å². The summed E-state index contributed by atoms with van der Waals surface area (Å²) in [6.07, 6.45) is 6.19. The first-order chi connectivity index (χ1) is 10.7. The van der Waals surface area contributed by atoms with Crippen molar-refractivity contribution in [3.63, 3.8) is 0 Å². The Hall–Kier alpha value is -1.34. The number of thioether (sulfide) groups is 1. The first-order valence-electron chi connectivity index (χ1n) is 7.84. The summed E-state index contributed by atoms with van der Waals surface area (Å²) in [5.74, 6) is 1.22. The lowest BCUT2D eigenvalue weighted by Gasteiger charge is -2.33. The Morgan fingerprint density at radius 3 is 2.82 bits per heavy atom. The smallest absolute Gasteiger partial charge is 0.200 e. The molecular weight excluding hydrogens is 296 g/mol. The van der Waals surface area contributed by atoms with Gasteiger partial charge >= 0.3 is 0 Å². The molecule has 0 aliphatic carbocycles. The largest absolute Gasteiger partial charge is 0.379 e. The number of hydrogen-bond donors (Lipinski definition) is 1. The number of piperidine rings is 1. The van der Waals surface area contributed by atoms with Crippen LogP contribution in [-0.2, 0) is 0 Å². The summed E-state index contributed by atoms with van der Waals surface area (Å²) in [5.41, 5.74) is 4.11. The number of aromatic nitrogens is 4. The third kappa shape index (κ3) is 3.20. The monoisotopic (exact) mass is 320 g/mol. The molecule has 1 saturated heterocycles. The van der Waals surface area contributed by atoms with Crippen LogP contribution in [0.4, 0.5) is 5.69 Å². The highest BCUT2D eigenvalue weighted by Crippen LogP contribution is 2.24. The number of fused-ring (bicyclic) bond motifs is 1. The molecule has 0 spiro atoms. The van der Waals surface area contributed by atoms with E-state index >= 15 is 0 Å². The van der Waals surface area contributed by atoms with E-state index in [1.807, 2.05) is 18.7 Å². The molecule has 0 unspecified atom stereocenters. The van der Waals surface area contributed by atoms with Gasteiger partial charge in [0.15, 0.2) is 0 Å². The molecule has 2 aromatic rings. The van der Waals surface area contributed by atoms with Crippen LogP contribution in [0.1, 0.15) is 24.1 Å². The van der Waals surface area contributed by atoms with E-state index in [1.165, 1.54) is 43.8 Å². The molecule has 0 radical (unpaired) electrons. The van der Waals surface area contributed by atoms with E-state index < -0.39 is 0 Å². The Bertz CT molecular complexity index is 632. The first kappa shape index (κ1) is 15.6. The molecule has 120 valence electrons. The molecular formula is C15H24N6S. The van der Waals surface area contributed by atoms with E-state index in [0.717, 1.165) is 17.0 Å².